The van der Waals surface area contributed by atoms with Crippen LogP contribution in [0.4, 0.5) is 5.69 Å². The molecule has 0 aliphatic heterocycles. The first-order valence-electron chi connectivity index (χ1n) is 10.4. The third-order valence-corrected chi connectivity index (χ3v) is 6.22. The molecule has 32 heavy (non-hydrogen) atoms. The van der Waals surface area contributed by atoms with Crippen molar-refractivity contribution in [3.8, 4) is 5.75 Å². The predicted molar refractivity (Wildman–Crippen MR) is 127 cm³/mol. The topological polar surface area (TPSA) is 75.7 Å². The lowest BCUT2D eigenvalue weighted by Gasteiger charge is -2.23. The lowest BCUT2D eigenvalue weighted by atomic mass is 10.1. The van der Waals surface area contributed by atoms with Gasteiger partial charge in [-0.1, -0.05) is 36.4 Å². The van der Waals surface area contributed by atoms with Crippen molar-refractivity contribution in [1.29, 1.82) is 0 Å². The Morgan fingerprint density at radius 2 is 1.62 bits per heavy atom. The molecule has 0 unspecified atom stereocenters. The van der Waals surface area contributed by atoms with E-state index < -0.39 is 10.0 Å². The second-order valence-electron chi connectivity index (χ2n) is 7.50. The smallest absolute Gasteiger partial charge is 0.251 e. The zero-order valence-electron chi connectivity index (χ0n) is 18.5. The molecule has 0 aliphatic carbocycles. The summed E-state index contributed by atoms with van der Waals surface area (Å²) >= 11 is 0. The first-order chi connectivity index (χ1) is 15.3. The van der Waals surface area contributed by atoms with Crippen LogP contribution in [0.1, 0.15) is 34.0 Å². The van der Waals surface area contributed by atoms with Gasteiger partial charge in [-0.2, -0.15) is 0 Å². The molecule has 0 heterocycles. The SMILES string of the molecule is CCOc1ccc(N(Cc2ccc(C(=O)NCc3ccccc3C)cc2)S(C)(=O)=O)cc1. The number of carbonyl (C=O) groups excluding carboxylic acids is 1. The summed E-state index contributed by atoms with van der Waals surface area (Å²) in [5.41, 5.74) is 4.04. The summed E-state index contributed by atoms with van der Waals surface area (Å²) in [6.45, 7) is 5.06. The van der Waals surface area contributed by atoms with Crippen LogP contribution in [0.5, 0.6) is 5.75 Å². The van der Waals surface area contributed by atoms with E-state index in [0.29, 0.717) is 30.2 Å². The van der Waals surface area contributed by atoms with Gasteiger partial charge in [-0.05, 0) is 66.9 Å². The van der Waals surface area contributed by atoms with E-state index in [1.54, 1.807) is 48.5 Å². The van der Waals surface area contributed by atoms with Crippen molar-refractivity contribution in [2.24, 2.45) is 0 Å². The van der Waals surface area contributed by atoms with Crippen LogP contribution in [0, 0.1) is 6.92 Å². The number of hydrogen-bond donors (Lipinski definition) is 1. The summed E-state index contributed by atoms with van der Waals surface area (Å²) in [4.78, 5) is 12.5. The Kier molecular flexibility index (Phi) is 7.53. The number of rotatable bonds is 9. The highest BCUT2D eigenvalue weighted by atomic mass is 32.2. The minimum Gasteiger partial charge on any atom is -0.494 e. The van der Waals surface area contributed by atoms with Crippen LogP contribution >= 0.6 is 0 Å². The number of benzene rings is 3. The van der Waals surface area contributed by atoms with Gasteiger partial charge in [-0.15, -0.1) is 0 Å². The maximum Gasteiger partial charge on any atom is 0.251 e. The van der Waals surface area contributed by atoms with E-state index in [-0.39, 0.29) is 12.5 Å². The maximum absolute atomic E-state index is 12.5. The minimum absolute atomic E-state index is 0.165. The van der Waals surface area contributed by atoms with Crippen LogP contribution in [0.15, 0.2) is 72.8 Å². The molecule has 0 aliphatic rings. The molecular formula is C25H28N2O4S. The van der Waals surface area contributed by atoms with Crippen molar-refractivity contribution in [3.05, 3.63) is 95.1 Å². The van der Waals surface area contributed by atoms with Crippen molar-refractivity contribution in [2.75, 3.05) is 17.2 Å². The number of anilines is 1. The molecule has 0 radical (unpaired) electrons. The fourth-order valence-corrected chi connectivity index (χ4v) is 4.18. The molecule has 0 atom stereocenters. The molecule has 0 fully saturated rings. The molecule has 0 bridgehead atoms. The van der Waals surface area contributed by atoms with Crippen LogP contribution in [-0.2, 0) is 23.1 Å². The van der Waals surface area contributed by atoms with Gasteiger partial charge in [0.15, 0.2) is 0 Å². The fourth-order valence-electron chi connectivity index (χ4n) is 3.29. The Balaban J connectivity index is 1.69. The molecule has 3 aromatic rings. The minimum atomic E-state index is -3.50. The van der Waals surface area contributed by atoms with Gasteiger partial charge in [0, 0.05) is 12.1 Å². The van der Waals surface area contributed by atoms with Crippen molar-refractivity contribution in [3.63, 3.8) is 0 Å². The van der Waals surface area contributed by atoms with Gasteiger partial charge in [0.1, 0.15) is 5.75 Å². The van der Waals surface area contributed by atoms with E-state index in [1.807, 2.05) is 38.1 Å². The molecule has 3 rings (SSSR count). The predicted octanol–water partition coefficient (Wildman–Crippen LogP) is 4.29. The first-order valence-corrected chi connectivity index (χ1v) is 12.2. The van der Waals surface area contributed by atoms with Gasteiger partial charge in [-0.3, -0.25) is 9.10 Å². The monoisotopic (exact) mass is 452 g/mol. The Hall–Kier alpha value is -3.32. The first kappa shape index (κ1) is 23.3. The summed E-state index contributed by atoms with van der Waals surface area (Å²) in [6, 6.07) is 21.8. The van der Waals surface area contributed by atoms with Crippen LogP contribution in [-0.4, -0.2) is 27.2 Å². The molecule has 0 saturated carbocycles. The van der Waals surface area contributed by atoms with E-state index in [0.717, 1.165) is 16.7 Å². The van der Waals surface area contributed by atoms with Crippen molar-refractivity contribution >= 4 is 21.6 Å². The molecule has 0 aromatic heterocycles. The average Bonchev–Trinajstić information content (AvgIpc) is 2.77. The molecule has 0 spiro atoms. The summed E-state index contributed by atoms with van der Waals surface area (Å²) in [5, 5.41) is 2.92. The number of nitrogens with one attached hydrogen (secondary N) is 1. The third kappa shape index (κ3) is 6.11. The Morgan fingerprint density at radius 3 is 2.22 bits per heavy atom. The van der Waals surface area contributed by atoms with E-state index in [1.165, 1.54) is 10.6 Å². The van der Waals surface area contributed by atoms with Crippen LogP contribution in [0.3, 0.4) is 0 Å². The van der Waals surface area contributed by atoms with E-state index in [9.17, 15) is 13.2 Å². The molecule has 1 N–H and O–H groups in total. The van der Waals surface area contributed by atoms with Gasteiger partial charge in [0.25, 0.3) is 5.91 Å². The van der Waals surface area contributed by atoms with Crippen molar-refractivity contribution in [1.82, 2.24) is 5.32 Å². The lowest BCUT2D eigenvalue weighted by molar-refractivity contribution is 0.0951. The molecule has 6 nitrogen and oxygen atoms in total. The molecule has 1 amide bonds. The zero-order chi connectivity index (χ0) is 23.1. The fraction of sp³-hybridized carbons (Fsp3) is 0.240. The number of amides is 1. The van der Waals surface area contributed by atoms with Gasteiger partial charge in [0.2, 0.25) is 10.0 Å². The average molecular weight is 453 g/mol. The van der Waals surface area contributed by atoms with Gasteiger partial charge >= 0.3 is 0 Å². The van der Waals surface area contributed by atoms with Crippen molar-refractivity contribution < 1.29 is 17.9 Å². The van der Waals surface area contributed by atoms with Crippen molar-refractivity contribution in [2.45, 2.75) is 26.9 Å². The highest BCUT2D eigenvalue weighted by Crippen LogP contribution is 2.24. The Labute approximate surface area is 189 Å². The number of sulfonamides is 1. The highest BCUT2D eigenvalue weighted by Gasteiger charge is 2.18. The standard InChI is InChI=1S/C25H28N2O4S/c1-4-31-24-15-13-23(14-16-24)27(32(3,29)30)18-20-9-11-21(12-10-20)25(28)26-17-22-8-6-5-7-19(22)2/h5-16H,4,17-18H2,1-3H3,(H,26,28). The molecule has 3 aromatic carbocycles. The molecule has 7 heteroatoms. The number of ether oxygens (including phenoxy) is 1. The molecule has 168 valence electrons. The summed E-state index contributed by atoms with van der Waals surface area (Å²) in [6.07, 6.45) is 1.18. The Morgan fingerprint density at radius 1 is 0.969 bits per heavy atom. The van der Waals surface area contributed by atoms with E-state index in [4.69, 9.17) is 4.74 Å². The number of aryl methyl sites for hydroxylation is 1. The summed E-state index contributed by atoms with van der Waals surface area (Å²) in [5.74, 6) is 0.511. The number of carbonyl (C=O) groups is 1. The zero-order valence-corrected chi connectivity index (χ0v) is 19.4. The largest absolute Gasteiger partial charge is 0.494 e. The second kappa shape index (κ2) is 10.3. The van der Waals surface area contributed by atoms with E-state index >= 15 is 0 Å². The normalized spacial score (nSPS) is 11.1. The summed E-state index contributed by atoms with van der Waals surface area (Å²) < 4.78 is 31.6. The lowest BCUT2D eigenvalue weighted by Crippen LogP contribution is -2.29. The maximum atomic E-state index is 12.5. The molecule has 0 saturated heterocycles. The van der Waals surface area contributed by atoms with Crippen LogP contribution < -0.4 is 14.4 Å². The third-order valence-electron chi connectivity index (χ3n) is 5.08. The van der Waals surface area contributed by atoms with Gasteiger partial charge in [0.05, 0.1) is 25.1 Å². The highest BCUT2D eigenvalue weighted by molar-refractivity contribution is 7.92. The van der Waals surface area contributed by atoms with Crippen LogP contribution in [0.25, 0.3) is 0 Å². The second-order valence-corrected chi connectivity index (χ2v) is 9.41. The summed E-state index contributed by atoms with van der Waals surface area (Å²) in [7, 11) is -3.50. The number of nitrogens with zero attached hydrogens (tertiary/aromatic N) is 1. The van der Waals surface area contributed by atoms with E-state index in [2.05, 4.69) is 5.32 Å². The Bertz CT molecular complexity index is 1160. The van der Waals surface area contributed by atoms with Gasteiger partial charge in [-0.25, -0.2) is 8.42 Å². The number of hydrogen-bond acceptors (Lipinski definition) is 4. The molecular weight excluding hydrogens is 424 g/mol. The quantitative estimate of drug-likeness (QED) is 0.526. The van der Waals surface area contributed by atoms with Crippen LogP contribution in [0.2, 0.25) is 0 Å². The van der Waals surface area contributed by atoms with Gasteiger partial charge < -0.3 is 10.1 Å².